The van der Waals surface area contributed by atoms with Crippen LogP contribution in [0.5, 0.6) is 5.75 Å². The van der Waals surface area contributed by atoms with E-state index in [1.165, 1.54) is 16.2 Å². The van der Waals surface area contributed by atoms with Crippen LogP contribution < -0.4 is 15.6 Å². The van der Waals surface area contributed by atoms with Crippen molar-refractivity contribution in [1.29, 1.82) is 0 Å². The lowest BCUT2D eigenvalue weighted by Crippen LogP contribution is -2.31. The Morgan fingerprint density at radius 3 is 2.68 bits per heavy atom. The third-order valence-corrected chi connectivity index (χ3v) is 5.20. The van der Waals surface area contributed by atoms with E-state index in [-0.39, 0.29) is 18.0 Å². The van der Waals surface area contributed by atoms with Crippen molar-refractivity contribution in [3.63, 3.8) is 0 Å². The van der Waals surface area contributed by atoms with Gasteiger partial charge < -0.3 is 14.6 Å². The third-order valence-electron chi connectivity index (χ3n) is 4.73. The van der Waals surface area contributed by atoms with Gasteiger partial charge in [-0.05, 0) is 56.4 Å². The zero-order valence-corrected chi connectivity index (χ0v) is 16.7. The van der Waals surface area contributed by atoms with Gasteiger partial charge in [-0.2, -0.15) is 0 Å². The van der Waals surface area contributed by atoms with E-state index < -0.39 is 0 Å². The first-order valence-electron chi connectivity index (χ1n) is 9.06. The van der Waals surface area contributed by atoms with Crippen molar-refractivity contribution in [3.8, 4) is 16.9 Å². The molecule has 4 rings (SSSR count). The molecule has 1 aliphatic heterocycles. The van der Waals surface area contributed by atoms with Gasteiger partial charge in [0.05, 0.1) is 6.61 Å². The molecule has 1 aliphatic rings. The van der Waals surface area contributed by atoms with Crippen molar-refractivity contribution in [1.82, 2.24) is 9.88 Å². The highest BCUT2D eigenvalue weighted by atomic mass is 79.9. The Labute approximate surface area is 171 Å². The van der Waals surface area contributed by atoms with Crippen LogP contribution in [0.15, 0.2) is 70.1 Å². The molecule has 0 saturated heterocycles. The van der Waals surface area contributed by atoms with E-state index in [2.05, 4.69) is 45.5 Å². The summed E-state index contributed by atoms with van der Waals surface area (Å²) in [5.41, 5.74) is 4.33. The molecule has 142 valence electrons. The summed E-state index contributed by atoms with van der Waals surface area (Å²) in [7, 11) is 0. The largest absolute Gasteiger partial charge is 0.493 e. The van der Waals surface area contributed by atoms with E-state index in [0.717, 1.165) is 39.9 Å². The fourth-order valence-electron chi connectivity index (χ4n) is 3.22. The van der Waals surface area contributed by atoms with Crippen molar-refractivity contribution in [2.24, 2.45) is 0 Å². The van der Waals surface area contributed by atoms with Crippen LogP contribution in [0, 0.1) is 0 Å². The summed E-state index contributed by atoms with van der Waals surface area (Å²) in [6.07, 6.45) is 2.56. The first-order valence-corrected chi connectivity index (χ1v) is 9.85. The van der Waals surface area contributed by atoms with Crippen molar-refractivity contribution in [2.45, 2.75) is 19.5 Å². The number of nitrogens with one attached hydrogen (secondary N) is 1. The Hall–Kier alpha value is -2.86. The Morgan fingerprint density at radius 1 is 1.07 bits per heavy atom. The summed E-state index contributed by atoms with van der Waals surface area (Å²) in [6.45, 7) is 1.16. The highest BCUT2D eigenvalue weighted by molar-refractivity contribution is 9.10. The second kappa shape index (κ2) is 8.02. The molecule has 0 spiro atoms. The van der Waals surface area contributed by atoms with Crippen molar-refractivity contribution >= 4 is 21.8 Å². The van der Waals surface area contributed by atoms with Crippen LogP contribution >= 0.6 is 15.9 Å². The average molecular weight is 439 g/mol. The fourth-order valence-corrected chi connectivity index (χ4v) is 3.60. The molecule has 0 atom stereocenters. The van der Waals surface area contributed by atoms with E-state index in [1.807, 2.05) is 18.2 Å². The Kier molecular flexibility index (Phi) is 5.30. The molecule has 1 amide bonds. The molecule has 5 nitrogen and oxygen atoms in total. The Bertz CT molecular complexity index is 1070. The van der Waals surface area contributed by atoms with Gasteiger partial charge >= 0.3 is 0 Å². The number of halogens is 1. The molecule has 1 N–H and O–H groups in total. The van der Waals surface area contributed by atoms with Crippen molar-refractivity contribution < 1.29 is 9.53 Å². The number of aromatic nitrogens is 1. The molecule has 0 radical (unpaired) electrons. The minimum Gasteiger partial charge on any atom is -0.493 e. The lowest BCUT2D eigenvalue weighted by Gasteiger charge is -2.09. The van der Waals surface area contributed by atoms with Crippen LogP contribution in [0.2, 0.25) is 0 Å². The van der Waals surface area contributed by atoms with E-state index in [9.17, 15) is 9.59 Å². The van der Waals surface area contributed by atoms with Crippen LogP contribution in [-0.4, -0.2) is 17.1 Å². The summed E-state index contributed by atoms with van der Waals surface area (Å²) in [5, 5.41) is 2.86. The number of rotatable bonds is 5. The minimum atomic E-state index is -0.206. The number of carbonyl (C=O) groups is 1. The van der Waals surface area contributed by atoms with Crippen molar-refractivity contribution in [2.75, 3.05) is 6.61 Å². The second-order valence-corrected chi connectivity index (χ2v) is 7.62. The maximum Gasteiger partial charge on any atom is 0.251 e. The number of ether oxygens (including phenoxy) is 1. The molecule has 6 heteroatoms. The molecule has 0 fully saturated rings. The van der Waals surface area contributed by atoms with Gasteiger partial charge in [0.25, 0.3) is 5.56 Å². The number of carbonyl (C=O) groups excluding carboxylic acids is 1. The van der Waals surface area contributed by atoms with Crippen molar-refractivity contribution in [3.05, 3.63) is 86.7 Å². The van der Waals surface area contributed by atoms with Gasteiger partial charge in [0.15, 0.2) is 0 Å². The SMILES string of the molecule is O=C(Cn1cc(Br)ccc1=O)NCc1ccc(-c2ccc3c(c2)CCO3)cc1. The molecule has 0 unspecified atom stereocenters. The van der Waals surface area contributed by atoms with Crippen LogP contribution in [0.4, 0.5) is 0 Å². The van der Waals surface area contributed by atoms with Gasteiger partial charge in [0.1, 0.15) is 12.3 Å². The van der Waals surface area contributed by atoms with Crippen LogP contribution in [0.1, 0.15) is 11.1 Å². The number of nitrogens with zero attached hydrogens (tertiary/aromatic N) is 1. The van der Waals surface area contributed by atoms with E-state index in [0.29, 0.717) is 6.54 Å². The predicted molar refractivity (Wildman–Crippen MR) is 111 cm³/mol. The topological polar surface area (TPSA) is 60.3 Å². The van der Waals surface area contributed by atoms with Crippen LogP contribution in [0.25, 0.3) is 11.1 Å². The van der Waals surface area contributed by atoms with Gasteiger partial charge in [-0.15, -0.1) is 0 Å². The number of amides is 1. The fraction of sp³-hybridized carbons (Fsp3) is 0.182. The van der Waals surface area contributed by atoms with E-state index in [1.54, 1.807) is 12.3 Å². The number of benzene rings is 2. The quantitative estimate of drug-likeness (QED) is 0.662. The molecule has 0 saturated carbocycles. The Balaban J connectivity index is 1.37. The number of pyridine rings is 1. The molecular formula is C22H19BrN2O3. The summed E-state index contributed by atoms with van der Waals surface area (Å²) in [6, 6.07) is 17.5. The highest BCUT2D eigenvalue weighted by Crippen LogP contribution is 2.30. The molecule has 2 aromatic carbocycles. The number of hydrogen-bond acceptors (Lipinski definition) is 3. The third kappa shape index (κ3) is 4.17. The van der Waals surface area contributed by atoms with Gasteiger partial charge in [0.2, 0.25) is 5.91 Å². The normalized spacial score (nSPS) is 12.3. The van der Waals surface area contributed by atoms with Gasteiger partial charge in [-0.3, -0.25) is 9.59 Å². The first kappa shape index (κ1) is 18.5. The number of fused-ring (bicyclic) bond motifs is 1. The summed E-state index contributed by atoms with van der Waals surface area (Å²) < 4.78 is 7.69. The molecule has 1 aromatic heterocycles. The zero-order chi connectivity index (χ0) is 19.5. The maximum absolute atomic E-state index is 12.1. The average Bonchev–Trinajstić information content (AvgIpc) is 3.17. The van der Waals surface area contributed by atoms with Gasteiger partial charge in [0, 0.05) is 29.7 Å². The van der Waals surface area contributed by atoms with Crippen LogP contribution in [0.3, 0.4) is 0 Å². The first-order chi connectivity index (χ1) is 13.6. The molecule has 0 bridgehead atoms. The standard InChI is InChI=1S/C22H19BrN2O3/c23-19-6-8-22(27)25(13-19)14-21(26)24-12-15-1-3-16(4-2-15)17-5-7-20-18(11-17)9-10-28-20/h1-8,11,13H,9-10,12,14H2,(H,24,26). The summed E-state index contributed by atoms with van der Waals surface area (Å²) >= 11 is 3.31. The summed E-state index contributed by atoms with van der Waals surface area (Å²) in [5.74, 6) is 0.774. The minimum absolute atomic E-state index is 0.00640. The zero-order valence-electron chi connectivity index (χ0n) is 15.2. The molecule has 2 heterocycles. The molecular weight excluding hydrogens is 420 g/mol. The lowest BCUT2D eigenvalue weighted by molar-refractivity contribution is -0.121. The lowest BCUT2D eigenvalue weighted by atomic mass is 10.0. The highest BCUT2D eigenvalue weighted by Gasteiger charge is 2.12. The van der Waals surface area contributed by atoms with Gasteiger partial charge in [-0.25, -0.2) is 0 Å². The van der Waals surface area contributed by atoms with Crippen LogP contribution in [-0.2, 0) is 24.3 Å². The smallest absolute Gasteiger partial charge is 0.251 e. The number of hydrogen-bond donors (Lipinski definition) is 1. The maximum atomic E-state index is 12.1. The summed E-state index contributed by atoms with van der Waals surface area (Å²) in [4.78, 5) is 23.9. The molecule has 28 heavy (non-hydrogen) atoms. The second-order valence-electron chi connectivity index (χ2n) is 6.71. The monoisotopic (exact) mass is 438 g/mol. The Morgan fingerprint density at radius 2 is 1.86 bits per heavy atom. The molecule has 3 aromatic rings. The van der Waals surface area contributed by atoms with E-state index >= 15 is 0 Å². The van der Waals surface area contributed by atoms with E-state index in [4.69, 9.17) is 4.74 Å². The van der Waals surface area contributed by atoms with Gasteiger partial charge in [-0.1, -0.05) is 30.3 Å². The molecule has 0 aliphatic carbocycles. The predicted octanol–water partition coefficient (Wildman–Crippen LogP) is 3.53.